The molecular weight excluding hydrogens is 354 g/mol. The number of nitrogens with one attached hydrogen (secondary N) is 1. The zero-order valence-corrected chi connectivity index (χ0v) is 15.2. The Labute approximate surface area is 158 Å². The Balaban J connectivity index is 1.46. The van der Waals surface area contributed by atoms with Crippen LogP contribution in [0, 0.1) is 0 Å². The van der Waals surface area contributed by atoms with E-state index in [4.69, 9.17) is 21.1 Å². The van der Waals surface area contributed by atoms with E-state index < -0.39 is 0 Å². The van der Waals surface area contributed by atoms with Crippen molar-refractivity contribution in [2.75, 3.05) is 37.8 Å². The molecule has 0 unspecified atom stereocenters. The van der Waals surface area contributed by atoms with E-state index in [1.54, 1.807) is 30.5 Å². The van der Waals surface area contributed by atoms with Crippen LogP contribution in [0.2, 0.25) is 5.02 Å². The number of hydrogen-bond donors (Lipinski definition) is 1. The van der Waals surface area contributed by atoms with E-state index >= 15 is 0 Å². The Kier molecular flexibility index (Phi) is 6.68. The minimum absolute atomic E-state index is 0.0595. The molecule has 2 heterocycles. The smallest absolute Gasteiger partial charge is 0.223 e. The Morgan fingerprint density at radius 1 is 1.23 bits per heavy atom. The number of nitrogens with zero attached hydrogens (tertiary/aromatic N) is 2. The number of anilines is 1. The standard InChI is InChI=1S/C19H22ClN3O3/c20-16-3-5-17(6-4-16)26-11-7-18(24)22-14-15-2-1-8-21-19(15)23-9-12-25-13-10-23/h1-6,8H,7,9-14H2,(H,22,24). The number of halogens is 1. The highest BCUT2D eigenvalue weighted by Gasteiger charge is 2.16. The van der Waals surface area contributed by atoms with Gasteiger partial charge in [-0.25, -0.2) is 4.98 Å². The highest BCUT2D eigenvalue weighted by Crippen LogP contribution is 2.18. The summed E-state index contributed by atoms with van der Waals surface area (Å²) in [4.78, 5) is 18.7. The van der Waals surface area contributed by atoms with Gasteiger partial charge in [0.25, 0.3) is 0 Å². The highest BCUT2D eigenvalue weighted by atomic mass is 35.5. The Hall–Kier alpha value is -2.31. The van der Waals surface area contributed by atoms with Gasteiger partial charge in [0.15, 0.2) is 0 Å². The van der Waals surface area contributed by atoms with Crippen LogP contribution in [-0.4, -0.2) is 43.8 Å². The lowest BCUT2D eigenvalue weighted by Crippen LogP contribution is -2.37. The fraction of sp³-hybridized carbons (Fsp3) is 0.368. The predicted molar refractivity (Wildman–Crippen MR) is 101 cm³/mol. The average molecular weight is 376 g/mol. The van der Waals surface area contributed by atoms with Gasteiger partial charge in [-0.1, -0.05) is 17.7 Å². The van der Waals surface area contributed by atoms with Crippen molar-refractivity contribution in [1.82, 2.24) is 10.3 Å². The summed E-state index contributed by atoms with van der Waals surface area (Å²) in [6.07, 6.45) is 2.06. The van der Waals surface area contributed by atoms with Crippen LogP contribution >= 0.6 is 11.6 Å². The molecule has 6 nitrogen and oxygen atoms in total. The van der Waals surface area contributed by atoms with Gasteiger partial charge in [-0.05, 0) is 30.3 Å². The second-order valence-corrected chi connectivity index (χ2v) is 6.35. The molecule has 0 saturated carbocycles. The molecule has 3 rings (SSSR count). The minimum Gasteiger partial charge on any atom is -0.493 e. The number of carbonyl (C=O) groups excluding carboxylic acids is 1. The molecule has 7 heteroatoms. The summed E-state index contributed by atoms with van der Waals surface area (Å²) >= 11 is 5.83. The molecule has 1 aliphatic heterocycles. The molecule has 138 valence electrons. The van der Waals surface area contributed by atoms with Crippen LogP contribution in [0.1, 0.15) is 12.0 Å². The number of amides is 1. The molecule has 0 bridgehead atoms. The number of rotatable bonds is 7. The van der Waals surface area contributed by atoms with Crippen LogP contribution in [0.5, 0.6) is 5.75 Å². The predicted octanol–water partition coefficient (Wildman–Crippen LogP) is 2.66. The topological polar surface area (TPSA) is 63.7 Å². The number of morpholine rings is 1. The molecule has 1 fully saturated rings. The average Bonchev–Trinajstić information content (AvgIpc) is 2.69. The van der Waals surface area contributed by atoms with E-state index in [1.165, 1.54) is 0 Å². The van der Waals surface area contributed by atoms with Crippen molar-refractivity contribution in [3.63, 3.8) is 0 Å². The summed E-state index contributed by atoms with van der Waals surface area (Å²) in [5.74, 6) is 1.55. The van der Waals surface area contributed by atoms with Crippen molar-refractivity contribution in [2.24, 2.45) is 0 Å². The van der Waals surface area contributed by atoms with Gasteiger partial charge in [-0.15, -0.1) is 0 Å². The normalized spacial score (nSPS) is 14.1. The Bertz CT molecular complexity index is 718. The number of benzene rings is 1. The van der Waals surface area contributed by atoms with Crippen LogP contribution < -0.4 is 15.0 Å². The first-order chi connectivity index (χ1) is 12.7. The van der Waals surface area contributed by atoms with Crippen LogP contribution in [0.25, 0.3) is 0 Å². The first kappa shape index (κ1) is 18.5. The molecule has 0 atom stereocenters. The van der Waals surface area contributed by atoms with E-state index in [9.17, 15) is 4.79 Å². The zero-order chi connectivity index (χ0) is 18.2. The summed E-state index contributed by atoms with van der Waals surface area (Å²) in [6.45, 7) is 3.78. The van der Waals surface area contributed by atoms with Crippen LogP contribution in [-0.2, 0) is 16.1 Å². The fourth-order valence-corrected chi connectivity index (χ4v) is 2.83. The Morgan fingerprint density at radius 3 is 2.77 bits per heavy atom. The number of pyridine rings is 1. The third kappa shape index (κ3) is 5.34. The van der Waals surface area contributed by atoms with Crippen molar-refractivity contribution in [1.29, 1.82) is 0 Å². The Morgan fingerprint density at radius 2 is 2.00 bits per heavy atom. The van der Waals surface area contributed by atoms with Crippen LogP contribution in [0.4, 0.5) is 5.82 Å². The monoisotopic (exact) mass is 375 g/mol. The van der Waals surface area contributed by atoms with Gasteiger partial charge in [0.1, 0.15) is 11.6 Å². The molecule has 0 spiro atoms. The summed E-state index contributed by atoms with van der Waals surface area (Å²) in [5.41, 5.74) is 1.00. The quantitative estimate of drug-likeness (QED) is 0.806. The molecule has 0 radical (unpaired) electrons. The number of hydrogen-bond acceptors (Lipinski definition) is 5. The molecule has 2 aromatic rings. The second kappa shape index (κ2) is 9.40. The number of aromatic nitrogens is 1. The third-order valence-electron chi connectivity index (χ3n) is 4.07. The fourth-order valence-electron chi connectivity index (χ4n) is 2.70. The van der Waals surface area contributed by atoms with Crippen molar-refractivity contribution >= 4 is 23.3 Å². The number of carbonyl (C=O) groups is 1. The molecule has 1 aliphatic rings. The molecule has 26 heavy (non-hydrogen) atoms. The van der Waals surface area contributed by atoms with E-state index in [-0.39, 0.29) is 12.3 Å². The van der Waals surface area contributed by atoms with Gasteiger partial charge in [0.05, 0.1) is 26.2 Å². The molecule has 0 aliphatic carbocycles. The lowest BCUT2D eigenvalue weighted by molar-refractivity contribution is -0.121. The molecule has 1 N–H and O–H groups in total. The van der Waals surface area contributed by atoms with E-state index in [2.05, 4.69) is 15.2 Å². The maximum absolute atomic E-state index is 12.1. The van der Waals surface area contributed by atoms with Crippen molar-refractivity contribution in [2.45, 2.75) is 13.0 Å². The van der Waals surface area contributed by atoms with Crippen LogP contribution in [0.15, 0.2) is 42.6 Å². The minimum atomic E-state index is -0.0595. The van der Waals surface area contributed by atoms with Crippen molar-refractivity contribution < 1.29 is 14.3 Å². The van der Waals surface area contributed by atoms with Crippen molar-refractivity contribution in [3.8, 4) is 5.75 Å². The highest BCUT2D eigenvalue weighted by molar-refractivity contribution is 6.30. The SMILES string of the molecule is O=C(CCOc1ccc(Cl)cc1)NCc1cccnc1N1CCOCC1. The molecule has 1 amide bonds. The van der Waals surface area contributed by atoms with E-state index in [1.807, 2.05) is 12.1 Å². The van der Waals surface area contributed by atoms with Gasteiger partial charge < -0.3 is 19.7 Å². The van der Waals surface area contributed by atoms with Gasteiger partial charge in [0, 0.05) is 36.4 Å². The lowest BCUT2D eigenvalue weighted by Gasteiger charge is -2.29. The van der Waals surface area contributed by atoms with E-state index in [0.29, 0.717) is 37.1 Å². The van der Waals surface area contributed by atoms with Gasteiger partial charge in [-0.3, -0.25) is 4.79 Å². The van der Waals surface area contributed by atoms with Crippen molar-refractivity contribution in [3.05, 3.63) is 53.2 Å². The largest absolute Gasteiger partial charge is 0.493 e. The summed E-state index contributed by atoms with van der Waals surface area (Å²) in [6, 6.07) is 10.9. The summed E-state index contributed by atoms with van der Waals surface area (Å²) < 4.78 is 10.9. The van der Waals surface area contributed by atoms with Gasteiger partial charge >= 0.3 is 0 Å². The zero-order valence-electron chi connectivity index (χ0n) is 14.5. The lowest BCUT2D eigenvalue weighted by atomic mass is 10.2. The molecule has 1 aromatic heterocycles. The summed E-state index contributed by atoms with van der Waals surface area (Å²) in [5, 5.41) is 3.59. The maximum atomic E-state index is 12.1. The molecule has 1 saturated heterocycles. The number of ether oxygens (including phenoxy) is 2. The maximum Gasteiger partial charge on any atom is 0.223 e. The molecular formula is C19H22ClN3O3. The van der Waals surface area contributed by atoms with Crippen LogP contribution in [0.3, 0.4) is 0 Å². The summed E-state index contributed by atoms with van der Waals surface area (Å²) in [7, 11) is 0. The van der Waals surface area contributed by atoms with E-state index in [0.717, 1.165) is 24.5 Å². The third-order valence-corrected chi connectivity index (χ3v) is 4.32. The van der Waals surface area contributed by atoms with Gasteiger partial charge in [-0.2, -0.15) is 0 Å². The second-order valence-electron chi connectivity index (χ2n) is 5.91. The first-order valence-corrected chi connectivity index (χ1v) is 9.02. The first-order valence-electron chi connectivity index (χ1n) is 8.64. The molecule has 1 aromatic carbocycles. The van der Waals surface area contributed by atoms with Gasteiger partial charge in [0.2, 0.25) is 5.91 Å².